The van der Waals surface area contributed by atoms with E-state index in [9.17, 15) is 4.79 Å². The van der Waals surface area contributed by atoms with Crippen molar-refractivity contribution in [2.24, 2.45) is 5.92 Å². The van der Waals surface area contributed by atoms with Crippen LogP contribution in [0.1, 0.15) is 32.4 Å². The van der Waals surface area contributed by atoms with Crippen molar-refractivity contribution in [3.05, 3.63) is 11.9 Å². The Kier molecular flexibility index (Phi) is 6.35. The van der Waals surface area contributed by atoms with E-state index in [1.807, 2.05) is 0 Å². The molecule has 0 atom stereocenters. The fraction of sp³-hybridized carbons (Fsp3) is 0.750. The van der Waals surface area contributed by atoms with Gasteiger partial charge in [-0.3, -0.25) is 4.79 Å². The Labute approximate surface area is 107 Å². The fourth-order valence-corrected chi connectivity index (χ4v) is 1.49. The van der Waals surface area contributed by atoms with Gasteiger partial charge in [0.05, 0.1) is 5.69 Å². The van der Waals surface area contributed by atoms with Crippen molar-refractivity contribution in [3.8, 4) is 0 Å². The van der Waals surface area contributed by atoms with Crippen molar-refractivity contribution < 1.29 is 9.90 Å². The molecule has 0 fully saturated rings. The van der Waals surface area contributed by atoms with Crippen LogP contribution < -0.4 is 5.32 Å². The van der Waals surface area contributed by atoms with Crippen molar-refractivity contribution in [1.29, 1.82) is 0 Å². The molecule has 1 aromatic rings. The van der Waals surface area contributed by atoms with Crippen LogP contribution in [0.25, 0.3) is 0 Å². The molecule has 102 valence electrons. The third-order valence-electron chi connectivity index (χ3n) is 2.53. The van der Waals surface area contributed by atoms with Gasteiger partial charge in [-0.1, -0.05) is 19.1 Å². The van der Waals surface area contributed by atoms with Crippen molar-refractivity contribution in [2.75, 3.05) is 13.2 Å². The molecule has 1 heterocycles. The number of hydrogen-bond donors (Lipinski definition) is 2. The summed E-state index contributed by atoms with van der Waals surface area (Å²) in [5.41, 5.74) is 0.805. The average Bonchev–Trinajstić information content (AvgIpc) is 2.73. The second kappa shape index (κ2) is 7.81. The molecule has 1 rings (SSSR count). The summed E-state index contributed by atoms with van der Waals surface area (Å²) in [6.45, 7) is 5.28. The number of aromatic nitrogens is 3. The van der Waals surface area contributed by atoms with Gasteiger partial charge in [-0.05, 0) is 25.2 Å². The van der Waals surface area contributed by atoms with E-state index in [0.29, 0.717) is 25.3 Å². The molecular weight excluding hydrogens is 232 g/mol. The van der Waals surface area contributed by atoms with Crippen LogP contribution in [-0.4, -0.2) is 39.2 Å². The summed E-state index contributed by atoms with van der Waals surface area (Å²) in [4.78, 5) is 11.6. The monoisotopic (exact) mass is 254 g/mol. The zero-order valence-electron chi connectivity index (χ0n) is 11.1. The molecule has 2 N–H and O–H groups in total. The number of nitrogens with one attached hydrogen (secondary N) is 1. The average molecular weight is 254 g/mol. The summed E-state index contributed by atoms with van der Waals surface area (Å²) in [7, 11) is 0. The van der Waals surface area contributed by atoms with E-state index in [-0.39, 0.29) is 19.1 Å². The Morgan fingerprint density at radius 1 is 1.56 bits per heavy atom. The van der Waals surface area contributed by atoms with Crippen LogP contribution in [0.5, 0.6) is 0 Å². The predicted molar refractivity (Wildman–Crippen MR) is 67.9 cm³/mol. The van der Waals surface area contributed by atoms with Gasteiger partial charge in [0, 0.05) is 19.3 Å². The molecule has 0 unspecified atom stereocenters. The highest BCUT2D eigenvalue weighted by Crippen LogP contribution is 1.98. The van der Waals surface area contributed by atoms with Gasteiger partial charge in [0.1, 0.15) is 6.54 Å². The van der Waals surface area contributed by atoms with Crippen LogP contribution in [-0.2, 0) is 17.8 Å². The zero-order chi connectivity index (χ0) is 13.4. The highest BCUT2D eigenvalue weighted by molar-refractivity contribution is 5.75. The minimum absolute atomic E-state index is 0.0470. The number of hydrogen-bond acceptors (Lipinski definition) is 4. The molecule has 0 saturated carbocycles. The molecule has 1 amide bonds. The van der Waals surface area contributed by atoms with Gasteiger partial charge in [0.15, 0.2) is 0 Å². The molecule has 0 radical (unpaired) electrons. The molecule has 6 nitrogen and oxygen atoms in total. The lowest BCUT2D eigenvalue weighted by molar-refractivity contribution is -0.121. The summed E-state index contributed by atoms with van der Waals surface area (Å²) in [5, 5.41) is 19.4. The molecule has 0 spiro atoms. The van der Waals surface area contributed by atoms with Crippen LogP contribution in [0.15, 0.2) is 6.20 Å². The molecule has 0 aromatic carbocycles. The van der Waals surface area contributed by atoms with Gasteiger partial charge in [0.25, 0.3) is 0 Å². The standard InChI is InChI=1S/C12H22N4O2/c1-10(2)5-6-13-12(18)9-16-8-11(14-15-16)4-3-7-17/h8,10,17H,3-7,9H2,1-2H3,(H,13,18). The van der Waals surface area contributed by atoms with E-state index in [2.05, 4.69) is 29.5 Å². The normalized spacial score (nSPS) is 10.9. The van der Waals surface area contributed by atoms with Gasteiger partial charge in [-0.2, -0.15) is 0 Å². The van der Waals surface area contributed by atoms with Gasteiger partial charge >= 0.3 is 0 Å². The third kappa shape index (κ3) is 5.77. The lowest BCUT2D eigenvalue weighted by Crippen LogP contribution is -2.29. The number of amides is 1. The molecule has 18 heavy (non-hydrogen) atoms. The van der Waals surface area contributed by atoms with E-state index in [4.69, 9.17) is 5.11 Å². The number of aryl methyl sites for hydroxylation is 1. The van der Waals surface area contributed by atoms with E-state index in [0.717, 1.165) is 12.1 Å². The van der Waals surface area contributed by atoms with Crippen LogP contribution in [0.4, 0.5) is 0 Å². The maximum Gasteiger partial charge on any atom is 0.241 e. The largest absolute Gasteiger partial charge is 0.396 e. The fourth-order valence-electron chi connectivity index (χ4n) is 1.49. The maximum absolute atomic E-state index is 11.6. The smallest absolute Gasteiger partial charge is 0.241 e. The molecule has 0 aliphatic heterocycles. The molecule has 0 aliphatic rings. The first-order valence-electron chi connectivity index (χ1n) is 6.38. The minimum atomic E-state index is -0.0470. The van der Waals surface area contributed by atoms with Gasteiger partial charge in [-0.15, -0.1) is 5.10 Å². The Morgan fingerprint density at radius 3 is 3.00 bits per heavy atom. The summed E-state index contributed by atoms with van der Waals surface area (Å²) >= 11 is 0. The first-order valence-corrected chi connectivity index (χ1v) is 6.38. The minimum Gasteiger partial charge on any atom is -0.396 e. The second-order valence-electron chi connectivity index (χ2n) is 4.77. The van der Waals surface area contributed by atoms with Gasteiger partial charge in [-0.25, -0.2) is 4.68 Å². The van der Waals surface area contributed by atoms with Gasteiger partial charge < -0.3 is 10.4 Å². The first kappa shape index (κ1) is 14.6. The molecule has 0 aliphatic carbocycles. The number of rotatable bonds is 8. The number of nitrogens with zero attached hydrogens (tertiary/aromatic N) is 3. The second-order valence-corrected chi connectivity index (χ2v) is 4.77. The molecule has 0 bridgehead atoms. The first-order chi connectivity index (χ1) is 8.61. The summed E-state index contributed by atoms with van der Waals surface area (Å²) in [6.07, 6.45) is 4.08. The maximum atomic E-state index is 11.6. The third-order valence-corrected chi connectivity index (χ3v) is 2.53. The Morgan fingerprint density at radius 2 is 2.33 bits per heavy atom. The number of aliphatic hydroxyl groups excluding tert-OH is 1. The lowest BCUT2D eigenvalue weighted by atomic mass is 10.1. The van der Waals surface area contributed by atoms with Crippen LogP contribution in [0.2, 0.25) is 0 Å². The van der Waals surface area contributed by atoms with Crippen molar-refractivity contribution in [2.45, 2.75) is 39.7 Å². The summed E-state index contributed by atoms with van der Waals surface area (Å²) < 4.78 is 1.53. The van der Waals surface area contributed by atoms with E-state index in [1.54, 1.807) is 6.20 Å². The quantitative estimate of drug-likeness (QED) is 0.702. The summed E-state index contributed by atoms with van der Waals surface area (Å²) in [5.74, 6) is 0.538. The number of aliphatic hydroxyl groups is 1. The van der Waals surface area contributed by atoms with Gasteiger partial charge in [0.2, 0.25) is 5.91 Å². The topological polar surface area (TPSA) is 80.0 Å². The Balaban J connectivity index is 2.28. The van der Waals surface area contributed by atoms with Crippen LogP contribution in [0.3, 0.4) is 0 Å². The van der Waals surface area contributed by atoms with Crippen LogP contribution in [0, 0.1) is 5.92 Å². The van der Waals surface area contributed by atoms with Crippen molar-refractivity contribution >= 4 is 5.91 Å². The Hall–Kier alpha value is -1.43. The van der Waals surface area contributed by atoms with Crippen molar-refractivity contribution in [3.63, 3.8) is 0 Å². The van der Waals surface area contributed by atoms with E-state index in [1.165, 1.54) is 4.68 Å². The predicted octanol–water partition coefficient (Wildman–Crippen LogP) is 0.365. The van der Waals surface area contributed by atoms with E-state index < -0.39 is 0 Å². The highest BCUT2D eigenvalue weighted by atomic mass is 16.2. The SMILES string of the molecule is CC(C)CCNC(=O)Cn1cc(CCCO)nn1. The van der Waals surface area contributed by atoms with Crippen molar-refractivity contribution in [1.82, 2.24) is 20.3 Å². The van der Waals surface area contributed by atoms with E-state index >= 15 is 0 Å². The Bertz CT molecular complexity index is 363. The molecule has 6 heteroatoms. The highest BCUT2D eigenvalue weighted by Gasteiger charge is 2.05. The molecule has 0 saturated heterocycles. The molecular formula is C12H22N4O2. The number of carbonyl (C=O) groups is 1. The zero-order valence-corrected chi connectivity index (χ0v) is 11.1. The lowest BCUT2D eigenvalue weighted by Gasteiger charge is -2.06. The number of carbonyl (C=O) groups excluding carboxylic acids is 1. The summed E-state index contributed by atoms with van der Waals surface area (Å²) in [6, 6.07) is 0. The molecule has 1 aromatic heterocycles. The van der Waals surface area contributed by atoms with Crippen LogP contribution >= 0.6 is 0 Å².